The van der Waals surface area contributed by atoms with Crippen LogP contribution in [0.25, 0.3) is 16.2 Å². The molecule has 1 aromatic carbocycles. The summed E-state index contributed by atoms with van der Waals surface area (Å²) in [6, 6.07) is 7.54. The standard InChI is InChI=1S/C12H10ClN3S/c1-7-6-16-11(14)10(15-12(16)17-7)8-2-4-9(13)5-3-8/h2-6H,14H2,1H3. The second-order valence-corrected chi connectivity index (χ2v) is 5.50. The molecule has 3 rings (SSSR count). The molecule has 2 heterocycles. The van der Waals surface area contributed by atoms with Crippen molar-refractivity contribution in [2.45, 2.75) is 6.92 Å². The van der Waals surface area contributed by atoms with Crippen molar-refractivity contribution >= 4 is 33.7 Å². The number of nitrogen functional groups attached to an aromatic ring is 1. The van der Waals surface area contributed by atoms with E-state index >= 15 is 0 Å². The molecule has 5 heteroatoms. The normalized spacial score (nSPS) is 11.2. The molecule has 0 radical (unpaired) electrons. The average molecular weight is 264 g/mol. The molecule has 0 aliphatic rings. The van der Waals surface area contributed by atoms with Gasteiger partial charge in [-0.2, -0.15) is 0 Å². The van der Waals surface area contributed by atoms with Crippen LogP contribution in [0.1, 0.15) is 4.88 Å². The fraction of sp³-hybridized carbons (Fsp3) is 0.0833. The molecule has 0 saturated carbocycles. The first-order chi connectivity index (χ1) is 8.15. The summed E-state index contributed by atoms with van der Waals surface area (Å²) in [5, 5.41) is 0.712. The van der Waals surface area contributed by atoms with Crippen LogP contribution in [0.5, 0.6) is 0 Å². The number of benzene rings is 1. The molecule has 0 spiro atoms. The van der Waals surface area contributed by atoms with Gasteiger partial charge in [-0.25, -0.2) is 4.98 Å². The minimum absolute atomic E-state index is 0.673. The quantitative estimate of drug-likeness (QED) is 0.729. The van der Waals surface area contributed by atoms with E-state index in [1.807, 2.05) is 41.8 Å². The SMILES string of the molecule is Cc1cn2c(N)c(-c3ccc(Cl)cc3)nc2s1. The summed E-state index contributed by atoms with van der Waals surface area (Å²) in [5.41, 5.74) is 7.90. The summed E-state index contributed by atoms with van der Waals surface area (Å²) in [7, 11) is 0. The van der Waals surface area contributed by atoms with E-state index in [-0.39, 0.29) is 0 Å². The van der Waals surface area contributed by atoms with Gasteiger partial charge < -0.3 is 5.73 Å². The summed E-state index contributed by atoms with van der Waals surface area (Å²) in [6.07, 6.45) is 2.00. The largest absolute Gasteiger partial charge is 0.383 e. The van der Waals surface area contributed by atoms with Crippen LogP contribution < -0.4 is 5.73 Å². The van der Waals surface area contributed by atoms with Gasteiger partial charge in [0.1, 0.15) is 11.5 Å². The van der Waals surface area contributed by atoms with Gasteiger partial charge in [-0.05, 0) is 19.1 Å². The number of thiazole rings is 1. The molecule has 0 amide bonds. The molecule has 0 bridgehead atoms. The fourth-order valence-corrected chi connectivity index (χ4v) is 2.75. The van der Waals surface area contributed by atoms with Gasteiger partial charge in [-0.3, -0.25) is 4.40 Å². The molecule has 0 aliphatic carbocycles. The van der Waals surface area contributed by atoms with Crippen LogP contribution >= 0.6 is 22.9 Å². The van der Waals surface area contributed by atoms with Crippen LogP contribution in [0.2, 0.25) is 5.02 Å². The summed E-state index contributed by atoms with van der Waals surface area (Å²) in [6.45, 7) is 2.04. The van der Waals surface area contributed by atoms with Gasteiger partial charge in [0.05, 0.1) is 0 Å². The van der Waals surface area contributed by atoms with Gasteiger partial charge in [-0.1, -0.05) is 23.7 Å². The highest BCUT2D eigenvalue weighted by molar-refractivity contribution is 7.17. The summed E-state index contributed by atoms with van der Waals surface area (Å²) in [4.78, 5) is 6.66. The number of rotatable bonds is 1. The first-order valence-electron chi connectivity index (χ1n) is 5.15. The highest BCUT2D eigenvalue weighted by Crippen LogP contribution is 2.30. The topological polar surface area (TPSA) is 43.3 Å². The van der Waals surface area contributed by atoms with Crippen molar-refractivity contribution < 1.29 is 0 Å². The predicted octanol–water partition coefficient (Wildman–Crippen LogP) is 3.61. The van der Waals surface area contributed by atoms with Crippen LogP contribution in [-0.2, 0) is 0 Å². The second kappa shape index (κ2) is 3.75. The van der Waals surface area contributed by atoms with Crippen molar-refractivity contribution in [1.82, 2.24) is 9.38 Å². The van der Waals surface area contributed by atoms with E-state index in [0.717, 1.165) is 16.2 Å². The van der Waals surface area contributed by atoms with Gasteiger partial charge in [0.25, 0.3) is 0 Å². The average Bonchev–Trinajstić information content (AvgIpc) is 2.79. The predicted molar refractivity (Wildman–Crippen MR) is 72.7 cm³/mol. The second-order valence-electron chi connectivity index (χ2n) is 3.85. The maximum absolute atomic E-state index is 6.10. The van der Waals surface area contributed by atoms with E-state index in [1.165, 1.54) is 4.88 Å². The third-order valence-electron chi connectivity index (χ3n) is 2.60. The Bertz CT molecular complexity index is 682. The lowest BCUT2D eigenvalue weighted by atomic mass is 10.1. The van der Waals surface area contributed by atoms with E-state index in [9.17, 15) is 0 Å². The molecule has 0 atom stereocenters. The molecule has 17 heavy (non-hydrogen) atoms. The fourth-order valence-electron chi connectivity index (χ4n) is 1.79. The Hall–Kier alpha value is -1.52. The van der Waals surface area contributed by atoms with E-state index in [4.69, 9.17) is 17.3 Å². The maximum atomic E-state index is 6.10. The zero-order valence-electron chi connectivity index (χ0n) is 9.14. The smallest absolute Gasteiger partial charge is 0.196 e. The Labute approximate surface area is 107 Å². The molecule has 0 aliphatic heterocycles. The minimum atomic E-state index is 0.673. The van der Waals surface area contributed by atoms with E-state index in [2.05, 4.69) is 4.98 Å². The highest BCUT2D eigenvalue weighted by atomic mass is 35.5. The van der Waals surface area contributed by atoms with Crippen LogP contribution in [-0.4, -0.2) is 9.38 Å². The van der Waals surface area contributed by atoms with Crippen molar-refractivity contribution in [3.8, 4) is 11.3 Å². The van der Waals surface area contributed by atoms with Crippen LogP contribution in [0.3, 0.4) is 0 Å². The number of imidazole rings is 1. The van der Waals surface area contributed by atoms with Crippen molar-refractivity contribution in [2.75, 3.05) is 5.73 Å². The molecule has 2 aromatic heterocycles. The highest BCUT2D eigenvalue weighted by Gasteiger charge is 2.12. The monoisotopic (exact) mass is 263 g/mol. The number of nitrogens with two attached hydrogens (primary N) is 1. The van der Waals surface area contributed by atoms with Crippen LogP contribution in [0, 0.1) is 6.92 Å². The Morgan fingerprint density at radius 2 is 2.00 bits per heavy atom. The van der Waals surface area contributed by atoms with Gasteiger partial charge in [0.15, 0.2) is 4.96 Å². The molecule has 86 valence electrons. The summed E-state index contributed by atoms with van der Waals surface area (Å²) < 4.78 is 1.92. The Kier molecular flexibility index (Phi) is 2.34. The lowest BCUT2D eigenvalue weighted by Gasteiger charge is -1.99. The lowest BCUT2D eigenvalue weighted by molar-refractivity contribution is 1.23. The van der Waals surface area contributed by atoms with Crippen molar-refractivity contribution in [1.29, 1.82) is 0 Å². The molecule has 3 aromatic rings. The zero-order chi connectivity index (χ0) is 12.0. The number of fused-ring (bicyclic) bond motifs is 1. The number of nitrogens with zero attached hydrogens (tertiary/aromatic N) is 2. The Morgan fingerprint density at radius 1 is 1.29 bits per heavy atom. The van der Waals surface area contributed by atoms with Crippen molar-refractivity contribution in [2.24, 2.45) is 0 Å². The number of halogens is 1. The number of aromatic nitrogens is 2. The van der Waals surface area contributed by atoms with Gasteiger partial charge in [-0.15, -0.1) is 11.3 Å². The molecule has 2 N–H and O–H groups in total. The van der Waals surface area contributed by atoms with Gasteiger partial charge in [0, 0.05) is 21.7 Å². The first-order valence-corrected chi connectivity index (χ1v) is 6.34. The van der Waals surface area contributed by atoms with Crippen LogP contribution in [0.15, 0.2) is 30.5 Å². The van der Waals surface area contributed by atoms with Gasteiger partial charge >= 0.3 is 0 Å². The third-order valence-corrected chi connectivity index (χ3v) is 3.75. The minimum Gasteiger partial charge on any atom is -0.383 e. The maximum Gasteiger partial charge on any atom is 0.196 e. The van der Waals surface area contributed by atoms with E-state index in [1.54, 1.807) is 11.3 Å². The first kappa shape index (κ1) is 10.6. The molecule has 0 unspecified atom stereocenters. The van der Waals surface area contributed by atoms with Crippen molar-refractivity contribution in [3.63, 3.8) is 0 Å². The number of hydrogen-bond acceptors (Lipinski definition) is 3. The zero-order valence-corrected chi connectivity index (χ0v) is 10.7. The van der Waals surface area contributed by atoms with Gasteiger partial charge in [0.2, 0.25) is 0 Å². The summed E-state index contributed by atoms with van der Waals surface area (Å²) >= 11 is 7.49. The van der Waals surface area contributed by atoms with E-state index < -0.39 is 0 Å². The van der Waals surface area contributed by atoms with Crippen LogP contribution in [0.4, 0.5) is 5.82 Å². The molecular weight excluding hydrogens is 254 g/mol. The number of hydrogen-bond donors (Lipinski definition) is 1. The third kappa shape index (κ3) is 1.69. The summed E-state index contributed by atoms with van der Waals surface area (Å²) in [5.74, 6) is 0.673. The number of anilines is 1. The molecular formula is C12H10ClN3S. The number of aryl methyl sites for hydroxylation is 1. The Balaban J connectivity index is 2.20. The molecule has 0 fully saturated rings. The molecule has 3 nitrogen and oxygen atoms in total. The lowest BCUT2D eigenvalue weighted by Crippen LogP contribution is -1.92. The Morgan fingerprint density at radius 3 is 2.65 bits per heavy atom. The van der Waals surface area contributed by atoms with E-state index in [0.29, 0.717) is 10.8 Å². The van der Waals surface area contributed by atoms with Crippen molar-refractivity contribution in [3.05, 3.63) is 40.4 Å². The molecule has 0 saturated heterocycles.